The molecule has 1 amide bonds. The number of rotatable bonds is 7. The van der Waals surface area contributed by atoms with Gasteiger partial charge in [0.05, 0.1) is 22.9 Å². The highest BCUT2D eigenvalue weighted by Crippen LogP contribution is 2.30. The Morgan fingerprint density at radius 1 is 1.16 bits per heavy atom. The van der Waals surface area contributed by atoms with E-state index in [4.69, 9.17) is 0 Å². The lowest BCUT2D eigenvalue weighted by Crippen LogP contribution is -2.39. The quantitative estimate of drug-likeness (QED) is 0.476. The van der Waals surface area contributed by atoms with Crippen LogP contribution in [0.5, 0.6) is 0 Å². The van der Waals surface area contributed by atoms with Crippen molar-refractivity contribution in [3.05, 3.63) is 75.3 Å². The molecule has 6 nitrogen and oxygen atoms in total. The van der Waals surface area contributed by atoms with Crippen LogP contribution in [0.2, 0.25) is 0 Å². The van der Waals surface area contributed by atoms with Gasteiger partial charge in [0.25, 0.3) is 5.69 Å². The Bertz CT molecular complexity index is 926. The average Bonchev–Trinajstić information content (AvgIpc) is 3.24. The van der Waals surface area contributed by atoms with E-state index in [2.05, 4.69) is 4.90 Å². The highest BCUT2D eigenvalue weighted by Gasteiger charge is 2.30. The number of alkyl halides is 3. The molecule has 0 N–H and O–H groups in total. The van der Waals surface area contributed by atoms with Crippen LogP contribution >= 0.6 is 0 Å². The number of carbonyl (C=O) groups excluding carboxylic acids is 1. The van der Waals surface area contributed by atoms with E-state index >= 15 is 0 Å². The lowest BCUT2D eigenvalue weighted by molar-refractivity contribution is -0.385. The summed E-state index contributed by atoms with van der Waals surface area (Å²) < 4.78 is 38.3. The Morgan fingerprint density at radius 2 is 1.81 bits per heavy atom. The third-order valence-corrected chi connectivity index (χ3v) is 5.59. The number of carbonyl (C=O) groups is 1. The molecule has 1 unspecified atom stereocenters. The summed E-state index contributed by atoms with van der Waals surface area (Å²) in [5.41, 5.74) is 0.321. The zero-order chi connectivity index (χ0) is 22.6. The number of likely N-dealkylation sites (tertiary alicyclic amines) is 1. The number of nitrogens with zero attached hydrogens (tertiary/aromatic N) is 3. The van der Waals surface area contributed by atoms with Gasteiger partial charge in [0.2, 0.25) is 5.91 Å². The molecule has 0 saturated carbocycles. The van der Waals surface area contributed by atoms with Gasteiger partial charge in [-0.15, -0.1) is 0 Å². The smallest absolute Gasteiger partial charge is 0.337 e. The van der Waals surface area contributed by atoms with Crippen LogP contribution in [-0.2, 0) is 17.4 Å². The maximum atomic E-state index is 13.0. The molecule has 1 heterocycles. The van der Waals surface area contributed by atoms with Crippen molar-refractivity contribution >= 4 is 11.6 Å². The molecular weight excluding hydrogens is 411 g/mol. The summed E-state index contributed by atoms with van der Waals surface area (Å²) in [5, 5.41) is 11.2. The Morgan fingerprint density at radius 3 is 2.39 bits per heavy atom. The van der Waals surface area contributed by atoms with E-state index in [0.29, 0.717) is 17.7 Å². The van der Waals surface area contributed by atoms with E-state index in [1.165, 1.54) is 29.2 Å². The minimum atomic E-state index is -4.43. The summed E-state index contributed by atoms with van der Waals surface area (Å²) in [7, 11) is 1.63. The number of amides is 1. The van der Waals surface area contributed by atoms with E-state index in [1.54, 1.807) is 19.2 Å². The SMILES string of the molecule is CN(C(=O)Cc1ccc(C(F)(F)F)cc1)C(CN1CCCC1)c1cccc([N+](=O)[O-])c1. The highest BCUT2D eigenvalue weighted by molar-refractivity contribution is 5.79. The van der Waals surface area contributed by atoms with Crippen LogP contribution in [0.4, 0.5) is 18.9 Å². The summed E-state index contributed by atoms with van der Waals surface area (Å²) in [6.07, 6.45) is -2.36. The molecule has 0 aromatic heterocycles. The Kier molecular flexibility index (Phi) is 6.94. The maximum absolute atomic E-state index is 13.0. The second kappa shape index (κ2) is 9.47. The number of benzene rings is 2. The Hall–Kier alpha value is -2.94. The first-order chi connectivity index (χ1) is 14.6. The summed E-state index contributed by atoms with van der Waals surface area (Å²) in [5.74, 6) is -0.268. The van der Waals surface area contributed by atoms with Crippen molar-refractivity contribution in [2.75, 3.05) is 26.7 Å². The molecule has 31 heavy (non-hydrogen) atoms. The van der Waals surface area contributed by atoms with Crippen LogP contribution < -0.4 is 0 Å². The van der Waals surface area contributed by atoms with Gasteiger partial charge in [0.1, 0.15) is 0 Å². The van der Waals surface area contributed by atoms with Gasteiger partial charge < -0.3 is 9.80 Å². The van der Waals surface area contributed by atoms with Gasteiger partial charge in [-0.1, -0.05) is 24.3 Å². The van der Waals surface area contributed by atoms with E-state index in [9.17, 15) is 28.1 Å². The third kappa shape index (κ3) is 5.81. The first kappa shape index (κ1) is 22.7. The first-order valence-corrected chi connectivity index (χ1v) is 10.0. The second-order valence-electron chi connectivity index (χ2n) is 7.75. The van der Waals surface area contributed by atoms with Crippen LogP contribution in [0.25, 0.3) is 0 Å². The summed E-state index contributed by atoms with van der Waals surface area (Å²) >= 11 is 0. The van der Waals surface area contributed by atoms with Crippen molar-refractivity contribution in [3.8, 4) is 0 Å². The topological polar surface area (TPSA) is 66.7 Å². The fourth-order valence-electron chi connectivity index (χ4n) is 3.79. The average molecular weight is 435 g/mol. The van der Waals surface area contributed by atoms with Crippen molar-refractivity contribution < 1.29 is 22.9 Å². The zero-order valence-electron chi connectivity index (χ0n) is 17.1. The molecule has 166 valence electrons. The van der Waals surface area contributed by atoms with Gasteiger partial charge in [-0.3, -0.25) is 14.9 Å². The van der Waals surface area contributed by atoms with Crippen molar-refractivity contribution in [3.63, 3.8) is 0 Å². The Balaban J connectivity index is 1.79. The molecule has 1 aliphatic rings. The monoisotopic (exact) mass is 435 g/mol. The molecule has 9 heteroatoms. The van der Waals surface area contributed by atoms with E-state index in [-0.39, 0.29) is 18.0 Å². The van der Waals surface area contributed by atoms with Crippen LogP contribution in [0.3, 0.4) is 0 Å². The lowest BCUT2D eigenvalue weighted by atomic mass is 10.0. The molecule has 0 radical (unpaired) electrons. The van der Waals surface area contributed by atoms with Crippen LogP contribution in [0.1, 0.15) is 35.6 Å². The molecule has 0 aliphatic carbocycles. The highest BCUT2D eigenvalue weighted by atomic mass is 19.4. The van der Waals surface area contributed by atoms with Gasteiger partial charge in [-0.05, 0) is 49.2 Å². The van der Waals surface area contributed by atoms with Crippen molar-refractivity contribution in [2.45, 2.75) is 31.5 Å². The number of hydrogen-bond acceptors (Lipinski definition) is 4. The summed E-state index contributed by atoms with van der Waals surface area (Å²) in [6.45, 7) is 2.33. The number of nitro benzene ring substituents is 1. The van der Waals surface area contributed by atoms with Gasteiger partial charge in [0.15, 0.2) is 0 Å². The molecule has 2 aromatic rings. The molecule has 0 spiro atoms. The maximum Gasteiger partial charge on any atom is 0.416 e. The molecule has 1 atom stereocenters. The summed E-state index contributed by atoms with van der Waals surface area (Å²) in [4.78, 5) is 27.4. The minimum Gasteiger partial charge on any atom is -0.337 e. The third-order valence-electron chi connectivity index (χ3n) is 5.59. The first-order valence-electron chi connectivity index (χ1n) is 10.0. The van der Waals surface area contributed by atoms with E-state index in [0.717, 1.165) is 38.1 Å². The molecule has 2 aromatic carbocycles. The van der Waals surface area contributed by atoms with Crippen LogP contribution in [-0.4, -0.2) is 47.3 Å². The predicted octanol–water partition coefficient (Wildman–Crippen LogP) is 4.45. The molecule has 1 saturated heterocycles. The normalized spacial score (nSPS) is 15.6. The fraction of sp³-hybridized carbons (Fsp3) is 0.409. The molecular formula is C22H24F3N3O3. The van der Waals surface area contributed by atoms with Crippen molar-refractivity contribution in [1.29, 1.82) is 0 Å². The molecule has 1 aliphatic heterocycles. The van der Waals surface area contributed by atoms with E-state index in [1.807, 2.05) is 0 Å². The van der Waals surface area contributed by atoms with Gasteiger partial charge in [0, 0.05) is 25.7 Å². The number of halogens is 3. The van der Waals surface area contributed by atoms with Crippen molar-refractivity contribution in [2.24, 2.45) is 0 Å². The standard InChI is InChI=1S/C22H24F3N3O3/c1-26(21(29)13-16-7-9-18(10-8-16)22(23,24)25)20(15-27-11-2-3-12-27)17-5-4-6-19(14-17)28(30)31/h4-10,14,20H,2-3,11-13,15H2,1H3. The molecule has 3 rings (SSSR count). The zero-order valence-corrected chi connectivity index (χ0v) is 17.1. The molecule has 0 bridgehead atoms. The second-order valence-corrected chi connectivity index (χ2v) is 7.75. The Labute approximate surface area is 178 Å². The number of nitro groups is 1. The number of non-ortho nitro benzene ring substituents is 1. The fourth-order valence-corrected chi connectivity index (χ4v) is 3.79. The lowest BCUT2D eigenvalue weighted by Gasteiger charge is -2.32. The van der Waals surface area contributed by atoms with Gasteiger partial charge in [-0.2, -0.15) is 13.2 Å². The summed E-state index contributed by atoms with van der Waals surface area (Å²) in [6, 6.07) is 10.4. The molecule has 1 fully saturated rings. The minimum absolute atomic E-state index is 0.0486. The van der Waals surface area contributed by atoms with Crippen molar-refractivity contribution in [1.82, 2.24) is 9.80 Å². The largest absolute Gasteiger partial charge is 0.416 e. The number of hydrogen-bond donors (Lipinski definition) is 0. The van der Waals surface area contributed by atoms with Crippen LogP contribution in [0.15, 0.2) is 48.5 Å². The van der Waals surface area contributed by atoms with E-state index < -0.39 is 22.7 Å². The number of likely N-dealkylation sites (N-methyl/N-ethyl adjacent to an activating group) is 1. The van der Waals surface area contributed by atoms with Crippen LogP contribution in [0, 0.1) is 10.1 Å². The predicted molar refractivity (Wildman–Crippen MR) is 109 cm³/mol. The van der Waals surface area contributed by atoms with Gasteiger partial charge in [-0.25, -0.2) is 0 Å². The van der Waals surface area contributed by atoms with Gasteiger partial charge >= 0.3 is 6.18 Å².